The highest BCUT2D eigenvalue weighted by molar-refractivity contribution is 6.02. The zero-order valence-electron chi connectivity index (χ0n) is 31.6. The summed E-state index contributed by atoms with van der Waals surface area (Å²) in [5.74, 6) is 0.254. The maximum Gasteiger partial charge on any atom is 0.339 e. The Kier molecular flexibility index (Phi) is 8.90. The summed E-state index contributed by atoms with van der Waals surface area (Å²) in [7, 11) is 0. The van der Waals surface area contributed by atoms with Gasteiger partial charge in [-0.25, -0.2) is 9.59 Å². The number of carboxylic acid groups (broad SMARTS) is 1. The summed E-state index contributed by atoms with van der Waals surface area (Å²) in [5, 5.41) is 9.71. The fraction of sp³-hybridized carbons (Fsp3) is 0.622. The van der Waals surface area contributed by atoms with Gasteiger partial charge < -0.3 is 14.6 Å². The minimum atomic E-state index is -1.12. The molecule has 2 aromatic rings. The van der Waals surface area contributed by atoms with E-state index in [1.807, 2.05) is 30.3 Å². The maximum atomic E-state index is 14.3. The highest BCUT2D eigenvalue weighted by Gasteiger charge is 2.72. The number of carbonyl (C=O) groups is 3. The molecule has 2 aromatic carbocycles. The lowest BCUT2D eigenvalue weighted by Gasteiger charge is -2.72. The number of carboxylic acids is 1. The van der Waals surface area contributed by atoms with E-state index in [9.17, 15) is 19.5 Å². The van der Waals surface area contributed by atoms with Crippen molar-refractivity contribution in [1.82, 2.24) is 0 Å². The van der Waals surface area contributed by atoms with E-state index in [0.717, 1.165) is 69.8 Å². The van der Waals surface area contributed by atoms with Crippen LogP contribution in [0, 0.1) is 56.7 Å². The Morgan fingerprint density at radius 2 is 1.45 bits per heavy atom. The van der Waals surface area contributed by atoms with Crippen LogP contribution in [0.25, 0.3) is 0 Å². The third kappa shape index (κ3) is 5.35. The molecule has 0 heterocycles. The van der Waals surface area contributed by atoms with Crippen LogP contribution in [-0.2, 0) is 20.9 Å². The molecule has 5 fully saturated rings. The quantitative estimate of drug-likeness (QED) is 0.229. The van der Waals surface area contributed by atoms with Crippen molar-refractivity contribution < 1.29 is 29.0 Å². The van der Waals surface area contributed by atoms with Crippen LogP contribution in [0.2, 0.25) is 0 Å². The third-order valence-electron chi connectivity index (χ3n) is 16.3. The molecule has 1 N–H and O–H groups in total. The number of allylic oxidation sites excluding steroid dienone is 1. The van der Waals surface area contributed by atoms with Gasteiger partial charge in [0.05, 0.1) is 16.5 Å². The van der Waals surface area contributed by atoms with E-state index in [1.165, 1.54) is 11.6 Å². The Morgan fingerprint density at radius 3 is 2.14 bits per heavy atom. The molecule has 4 unspecified atom stereocenters. The number of benzene rings is 2. The van der Waals surface area contributed by atoms with Crippen LogP contribution in [0.5, 0.6) is 0 Å². The van der Waals surface area contributed by atoms with Crippen molar-refractivity contribution in [2.45, 2.75) is 118 Å². The molecule has 0 bridgehead atoms. The summed E-state index contributed by atoms with van der Waals surface area (Å²) in [5.41, 5.74) is 1.92. The first kappa shape index (κ1) is 36.0. The summed E-state index contributed by atoms with van der Waals surface area (Å²) in [6.45, 7) is 19.3. The zero-order valence-corrected chi connectivity index (χ0v) is 31.6. The molecule has 0 radical (unpaired) electrons. The first-order valence-electron chi connectivity index (χ1n) is 19.5. The number of ether oxygens (including phenoxy) is 2. The van der Waals surface area contributed by atoms with Crippen LogP contribution in [0.15, 0.2) is 66.7 Å². The number of hydrogen-bond acceptors (Lipinski definition) is 5. The van der Waals surface area contributed by atoms with E-state index in [4.69, 9.17) is 9.47 Å². The van der Waals surface area contributed by atoms with E-state index in [2.05, 4.69) is 48.1 Å². The molecule has 6 nitrogen and oxygen atoms in total. The summed E-state index contributed by atoms with van der Waals surface area (Å²) in [6.07, 6.45) is 9.73. The van der Waals surface area contributed by atoms with Gasteiger partial charge >= 0.3 is 17.9 Å². The normalized spacial score (nSPS) is 39.3. The van der Waals surface area contributed by atoms with Gasteiger partial charge in [-0.05, 0) is 135 Å². The van der Waals surface area contributed by atoms with Gasteiger partial charge in [-0.2, -0.15) is 0 Å². The first-order valence-corrected chi connectivity index (χ1v) is 19.5. The predicted octanol–water partition coefficient (Wildman–Crippen LogP) is 10.3. The van der Waals surface area contributed by atoms with Gasteiger partial charge in [-0.3, -0.25) is 4.79 Å². The van der Waals surface area contributed by atoms with Crippen molar-refractivity contribution in [1.29, 1.82) is 0 Å². The maximum absolute atomic E-state index is 14.3. The molecule has 51 heavy (non-hydrogen) atoms. The Labute approximate surface area is 304 Å². The van der Waals surface area contributed by atoms with Crippen molar-refractivity contribution in [2.75, 3.05) is 0 Å². The molecular formula is C45H58O6. The molecule has 274 valence electrons. The zero-order chi connectivity index (χ0) is 36.6. The Balaban J connectivity index is 1.15. The molecule has 0 aliphatic heterocycles. The molecule has 10 atom stereocenters. The molecule has 6 heteroatoms. The van der Waals surface area contributed by atoms with Crippen molar-refractivity contribution in [3.05, 3.63) is 83.4 Å². The monoisotopic (exact) mass is 694 g/mol. The Hall–Kier alpha value is -3.41. The molecule has 0 spiro atoms. The van der Waals surface area contributed by atoms with Crippen LogP contribution < -0.4 is 0 Å². The fourth-order valence-electron chi connectivity index (χ4n) is 13.6. The smallest absolute Gasteiger partial charge is 0.339 e. The second kappa shape index (κ2) is 12.6. The lowest BCUT2D eigenvalue weighted by molar-refractivity contribution is -0.248. The van der Waals surface area contributed by atoms with E-state index in [1.54, 1.807) is 18.2 Å². The molecular weight excluding hydrogens is 636 g/mol. The number of rotatable bonds is 7. The van der Waals surface area contributed by atoms with E-state index < -0.39 is 17.4 Å². The molecule has 0 aromatic heterocycles. The van der Waals surface area contributed by atoms with Gasteiger partial charge in [0.15, 0.2) is 0 Å². The van der Waals surface area contributed by atoms with Gasteiger partial charge in [-0.1, -0.05) is 89.2 Å². The molecule has 0 saturated heterocycles. The predicted molar refractivity (Wildman–Crippen MR) is 198 cm³/mol. The standard InChI is InChI=1S/C45H58O6/c1-28(2)30-19-24-45(40(49)50-27-29-13-9-8-10-14-29)26-25-43(6)33(37(30)45)17-18-35-42(5)22-21-36(41(3,4)34(42)20-23-44(35,43)7)51-39(48)32-16-12-11-15-31(32)38(46)47/h8-16,30,33-37H,1,17-27H2,2-7H3,(H,46,47)/t30-,33?,34?,35?,36-,37?,42-,43+,44+,45-/m0/s1. The average Bonchev–Trinajstić information content (AvgIpc) is 3.50. The van der Waals surface area contributed by atoms with Crippen molar-refractivity contribution >= 4 is 17.9 Å². The van der Waals surface area contributed by atoms with Crippen LogP contribution >= 0.6 is 0 Å². The molecule has 5 aliphatic carbocycles. The lowest BCUT2D eigenvalue weighted by Crippen LogP contribution is -2.67. The van der Waals surface area contributed by atoms with Crippen LogP contribution in [0.1, 0.15) is 132 Å². The summed E-state index contributed by atoms with van der Waals surface area (Å²) < 4.78 is 12.5. The third-order valence-corrected chi connectivity index (χ3v) is 16.3. The summed E-state index contributed by atoms with van der Waals surface area (Å²) in [4.78, 5) is 39.7. The Bertz CT molecular complexity index is 1710. The highest BCUT2D eigenvalue weighted by atomic mass is 16.5. The van der Waals surface area contributed by atoms with Gasteiger partial charge in [0, 0.05) is 5.41 Å². The molecule has 5 saturated carbocycles. The minimum absolute atomic E-state index is 0.00527. The number of carbonyl (C=O) groups excluding carboxylic acids is 2. The number of fused-ring (bicyclic) bond motifs is 7. The summed E-state index contributed by atoms with van der Waals surface area (Å²) in [6, 6.07) is 16.4. The number of aromatic carboxylic acids is 1. The van der Waals surface area contributed by atoms with Crippen LogP contribution in [0.3, 0.4) is 0 Å². The topological polar surface area (TPSA) is 89.9 Å². The highest BCUT2D eigenvalue weighted by Crippen LogP contribution is 2.77. The van der Waals surface area contributed by atoms with Crippen molar-refractivity contribution in [3.63, 3.8) is 0 Å². The second-order valence-corrected chi connectivity index (χ2v) is 18.5. The first-order chi connectivity index (χ1) is 24.1. The van der Waals surface area contributed by atoms with E-state index in [0.29, 0.717) is 30.3 Å². The van der Waals surface area contributed by atoms with Gasteiger partial charge in [0.2, 0.25) is 0 Å². The summed E-state index contributed by atoms with van der Waals surface area (Å²) >= 11 is 0. The molecule has 7 rings (SSSR count). The van der Waals surface area contributed by atoms with E-state index in [-0.39, 0.29) is 50.8 Å². The van der Waals surface area contributed by atoms with Crippen molar-refractivity contribution in [3.8, 4) is 0 Å². The Morgan fingerprint density at radius 1 is 0.765 bits per heavy atom. The fourth-order valence-corrected chi connectivity index (χ4v) is 13.6. The average molecular weight is 695 g/mol. The van der Waals surface area contributed by atoms with Gasteiger partial charge in [0.1, 0.15) is 12.7 Å². The van der Waals surface area contributed by atoms with E-state index >= 15 is 0 Å². The van der Waals surface area contributed by atoms with Gasteiger partial charge in [-0.15, -0.1) is 0 Å². The molecule has 5 aliphatic rings. The largest absolute Gasteiger partial charge is 0.478 e. The second-order valence-electron chi connectivity index (χ2n) is 18.5. The SMILES string of the molecule is C=C(C)[C@@H]1CC[C@]2(C(=O)OCc3ccccc3)CC[C@]3(C)C(CCC4[C@@]5(C)CC[C@H](OC(=O)c6ccccc6C(=O)O)C(C)(C)C5CC[C@]43C)C12. The molecule has 0 amide bonds. The van der Waals surface area contributed by atoms with Gasteiger partial charge in [0.25, 0.3) is 0 Å². The van der Waals surface area contributed by atoms with Crippen molar-refractivity contribution in [2.24, 2.45) is 56.7 Å². The van der Waals surface area contributed by atoms with Crippen LogP contribution in [0.4, 0.5) is 0 Å². The lowest BCUT2D eigenvalue weighted by atomic mass is 9.32. The number of esters is 2. The number of hydrogen-bond donors (Lipinski definition) is 1. The minimum Gasteiger partial charge on any atom is -0.478 e. The van der Waals surface area contributed by atoms with Crippen LogP contribution in [-0.4, -0.2) is 29.1 Å².